The van der Waals surface area contributed by atoms with Crippen molar-refractivity contribution in [2.75, 3.05) is 27.2 Å². The highest BCUT2D eigenvalue weighted by Gasteiger charge is 2.21. The van der Waals surface area contributed by atoms with Crippen LogP contribution in [0.3, 0.4) is 0 Å². The number of amidine groups is 1. The summed E-state index contributed by atoms with van der Waals surface area (Å²) in [6.07, 6.45) is 1.25. The van der Waals surface area contributed by atoms with Gasteiger partial charge in [-0.15, -0.1) is 0 Å². The summed E-state index contributed by atoms with van der Waals surface area (Å²) < 4.78 is 0. The zero-order valence-corrected chi connectivity index (χ0v) is 11.6. The third-order valence-corrected chi connectivity index (χ3v) is 2.47. The predicted molar refractivity (Wildman–Crippen MR) is 71.9 cm³/mol. The Morgan fingerprint density at radius 3 is 2.37 bits per heavy atom. The Hall–Kier alpha value is -1.99. The van der Waals surface area contributed by atoms with Gasteiger partial charge in [0.15, 0.2) is 5.84 Å². The van der Waals surface area contributed by atoms with Gasteiger partial charge in [-0.05, 0) is 6.42 Å². The second kappa shape index (κ2) is 9.01. The summed E-state index contributed by atoms with van der Waals surface area (Å²) in [7, 11) is 3.26. The first-order valence-electron chi connectivity index (χ1n) is 6.14. The van der Waals surface area contributed by atoms with Crippen LogP contribution in [0.5, 0.6) is 0 Å². The van der Waals surface area contributed by atoms with Crippen molar-refractivity contribution in [1.82, 2.24) is 15.5 Å². The fraction of sp³-hybridized carbons (Fsp3) is 0.727. The number of nitrogens with two attached hydrogens (primary N) is 1. The molecule has 0 aliphatic rings. The number of rotatable bonds is 7. The molecule has 3 amide bonds. The van der Waals surface area contributed by atoms with Gasteiger partial charge in [0.05, 0.1) is 5.92 Å². The Labute approximate surface area is 113 Å². The molecule has 1 unspecified atom stereocenters. The van der Waals surface area contributed by atoms with Gasteiger partial charge in [0.25, 0.3) is 0 Å². The third kappa shape index (κ3) is 6.49. The van der Waals surface area contributed by atoms with Crippen LogP contribution < -0.4 is 16.4 Å². The molecule has 0 bridgehead atoms. The number of carbonyl (C=O) groups excluding carboxylic acids is 2. The van der Waals surface area contributed by atoms with Gasteiger partial charge in [-0.2, -0.15) is 0 Å². The van der Waals surface area contributed by atoms with E-state index in [9.17, 15) is 9.59 Å². The fourth-order valence-corrected chi connectivity index (χ4v) is 1.41. The normalized spacial score (nSPS) is 12.7. The van der Waals surface area contributed by atoms with Crippen LogP contribution in [0.2, 0.25) is 0 Å². The topological polar surface area (TPSA) is 120 Å². The van der Waals surface area contributed by atoms with Crippen molar-refractivity contribution in [3.8, 4) is 0 Å². The van der Waals surface area contributed by atoms with E-state index in [0.29, 0.717) is 13.0 Å². The fourth-order valence-electron chi connectivity index (χ4n) is 1.41. The molecule has 0 heterocycles. The molecule has 5 N–H and O–H groups in total. The van der Waals surface area contributed by atoms with E-state index in [0.717, 1.165) is 6.42 Å². The average Bonchev–Trinajstić information content (AvgIpc) is 2.39. The van der Waals surface area contributed by atoms with E-state index in [1.54, 1.807) is 14.1 Å². The Morgan fingerprint density at radius 2 is 1.89 bits per heavy atom. The Bertz CT molecular complexity index is 330. The molecule has 1 atom stereocenters. The quantitative estimate of drug-likeness (QED) is 0.165. The average molecular weight is 273 g/mol. The first kappa shape index (κ1) is 17.0. The van der Waals surface area contributed by atoms with Gasteiger partial charge >= 0.3 is 6.03 Å². The Balaban J connectivity index is 4.10. The zero-order chi connectivity index (χ0) is 14.8. The number of nitrogens with one attached hydrogen (secondary N) is 2. The standard InChI is InChI=1S/C11H23N5O3/c1-4-5-8(9(12)15-19)10(17)13-6-7-14-11(18)16(2)3/h8,19H,4-7H2,1-3H3,(H2,12,15)(H,13,17)(H,14,18). The van der Waals surface area contributed by atoms with E-state index < -0.39 is 5.92 Å². The lowest BCUT2D eigenvalue weighted by molar-refractivity contribution is -0.123. The smallest absolute Gasteiger partial charge is 0.316 e. The van der Waals surface area contributed by atoms with Crippen molar-refractivity contribution >= 4 is 17.8 Å². The summed E-state index contributed by atoms with van der Waals surface area (Å²) in [5.41, 5.74) is 5.46. The number of hydrogen-bond donors (Lipinski definition) is 4. The molecule has 0 rings (SSSR count). The monoisotopic (exact) mass is 273 g/mol. The SMILES string of the molecule is CCCC(C(=O)NCCNC(=O)N(C)C)C(N)=NO. The number of carbonyl (C=O) groups is 2. The molecule has 0 aromatic rings. The molecule has 0 aliphatic carbocycles. The summed E-state index contributed by atoms with van der Waals surface area (Å²) in [5.74, 6) is -1.05. The van der Waals surface area contributed by atoms with Gasteiger partial charge in [-0.25, -0.2) is 4.79 Å². The lowest BCUT2D eigenvalue weighted by Gasteiger charge is -2.15. The second-order valence-electron chi connectivity index (χ2n) is 4.28. The second-order valence-corrected chi connectivity index (χ2v) is 4.28. The molecule has 0 radical (unpaired) electrons. The molecule has 110 valence electrons. The number of amides is 3. The maximum Gasteiger partial charge on any atom is 0.316 e. The van der Waals surface area contributed by atoms with Crippen LogP contribution in [-0.2, 0) is 4.79 Å². The summed E-state index contributed by atoms with van der Waals surface area (Å²) in [6.45, 7) is 2.51. The van der Waals surface area contributed by atoms with Crippen LogP contribution in [0.1, 0.15) is 19.8 Å². The molecule has 19 heavy (non-hydrogen) atoms. The van der Waals surface area contributed by atoms with E-state index in [1.807, 2.05) is 6.92 Å². The molecule has 0 fully saturated rings. The van der Waals surface area contributed by atoms with Crippen molar-refractivity contribution in [3.63, 3.8) is 0 Å². The lowest BCUT2D eigenvalue weighted by atomic mass is 10.0. The van der Waals surface area contributed by atoms with Crippen molar-refractivity contribution in [3.05, 3.63) is 0 Å². The molecular weight excluding hydrogens is 250 g/mol. The van der Waals surface area contributed by atoms with Crippen molar-refractivity contribution in [2.45, 2.75) is 19.8 Å². The largest absolute Gasteiger partial charge is 0.409 e. The van der Waals surface area contributed by atoms with Crippen molar-refractivity contribution in [2.24, 2.45) is 16.8 Å². The van der Waals surface area contributed by atoms with Crippen LogP contribution in [-0.4, -0.2) is 55.1 Å². The first-order valence-corrected chi connectivity index (χ1v) is 6.14. The van der Waals surface area contributed by atoms with Gasteiger partial charge in [0.1, 0.15) is 0 Å². The van der Waals surface area contributed by atoms with E-state index >= 15 is 0 Å². The van der Waals surface area contributed by atoms with Crippen LogP contribution in [0.4, 0.5) is 4.79 Å². The van der Waals surface area contributed by atoms with Crippen molar-refractivity contribution < 1.29 is 14.8 Å². The minimum atomic E-state index is -0.639. The number of hydrogen-bond acceptors (Lipinski definition) is 4. The molecule has 0 saturated heterocycles. The highest BCUT2D eigenvalue weighted by Crippen LogP contribution is 2.06. The Kier molecular flexibility index (Phi) is 8.07. The molecule has 0 saturated carbocycles. The number of nitrogens with zero attached hydrogens (tertiary/aromatic N) is 2. The van der Waals surface area contributed by atoms with E-state index in [4.69, 9.17) is 10.9 Å². The van der Waals surface area contributed by atoms with Gasteiger partial charge < -0.3 is 26.5 Å². The molecule has 0 aliphatic heterocycles. The number of urea groups is 1. The first-order chi connectivity index (χ1) is 8.93. The predicted octanol–water partition coefficient (Wildman–Crippen LogP) is -0.463. The van der Waals surface area contributed by atoms with Gasteiger partial charge in [0, 0.05) is 27.2 Å². The molecule has 0 aromatic carbocycles. The summed E-state index contributed by atoms with van der Waals surface area (Å²) in [6, 6.07) is -0.226. The van der Waals surface area contributed by atoms with E-state index in [-0.39, 0.29) is 24.3 Å². The Morgan fingerprint density at radius 1 is 1.32 bits per heavy atom. The summed E-state index contributed by atoms with van der Waals surface area (Å²) in [5, 5.41) is 16.7. The highest BCUT2D eigenvalue weighted by molar-refractivity contribution is 6.02. The zero-order valence-electron chi connectivity index (χ0n) is 11.6. The van der Waals surface area contributed by atoms with Gasteiger partial charge in [-0.1, -0.05) is 18.5 Å². The van der Waals surface area contributed by atoms with Gasteiger partial charge in [-0.3, -0.25) is 4.79 Å². The molecule has 0 aromatic heterocycles. The van der Waals surface area contributed by atoms with E-state index in [2.05, 4.69) is 15.8 Å². The maximum absolute atomic E-state index is 11.8. The number of oxime groups is 1. The van der Waals surface area contributed by atoms with Crippen LogP contribution >= 0.6 is 0 Å². The third-order valence-electron chi connectivity index (χ3n) is 2.47. The minimum absolute atomic E-state index is 0.100. The maximum atomic E-state index is 11.8. The van der Waals surface area contributed by atoms with E-state index in [1.165, 1.54) is 4.90 Å². The molecular formula is C11H23N5O3. The van der Waals surface area contributed by atoms with Gasteiger partial charge in [0.2, 0.25) is 5.91 Å². The molecule has 0 spiro atoms. The summed E-state index contributed by atoms with van der Waals surface area (Å²) in [4.78, 5) is 24.4. The van der Waals surface area contributed by atoms with Crippen LogP contribution in [0.25, 0.3) is 0 Å². The minimum Gasteiger partial charge on any atom is -0.409 e. The van der Waals surface area contributed by atoms with Crippen LogP contribution in [0, 0.1) is 5.92 Å². The van der Waals surface area contributed by atoms with Crippen molar-refractivity contribution in [1.29, 1.82) is 0 Å². The molecule has 8 nitrogen and oxygen atoms in total. The summed E-state index contributed by atoms with van der Waals surface area (Å²) >= 11 is 0. The van der Waals surface area contributed by atoms with Crippen LogP contribution in [0.15, 0.2) is 5.16 Å². The highest BCUT2D eigenvalue weighted by atomic mass is 16.4. The lowest BCUT2D eigenvalue weighted by Crippen LogP contribution is -2.43. The molecule has 8 heteroatoms.